The first-order valence-electron chi connectivity index (χ1n) is 9.33. The molecule has 0 saturated heterocycles. The van der Waals surface area contributed by atoms with E-state index in [9.17, 15) is 9.59 Å². The molecule has 0 aromatic heterocycles. The van der Waals surface area contributed by atoms with Crippen LogP contribution in [0.1, 0.15) is 50.7 Å². The summed E-state index contributed by atoms with van der Waals surface area (Å²) >= 11 is 0. The van der Waals surface area contributed by atoms with Crippen LogP contribution in [0.15, 0.2) is 24.3 Å². The molecule has 1 aromatic carbocycles. The number of aldehydes is 1. The lowest BCUT2D eigenvalue weighted by atomic mass is 10.1. The Morgan fingerprint density at radius 3 is 1.92 bits per heavy atom. The normalized spacial score (nSPS) is 11.0. The number of hydrogen-bond acceptors (Lipinski definition) is 4. The highest BCUT2D eigenvalue weighted by Gasteiger charge is 2.06. The van der Waals surface area contributed by atoms with E-state index >= 15 is 0 Å². The van der Waals surface area contributed by atoms with Gasteiger partial charge in [-0.2, -0.15) is 0 Å². The molecule has 25 heavy (non-hydrogen) atoms. The van der Waals surface area contributed by atoms with Gasteiger partial charge in [0, 0.05) is 32.0 Å². The molecule has 0 amide bonds. The smallest absolute Gasteiger partial charge is 0.135 e. The van der Waals surface area contributed by atoms with Crippen LogP contribution in [-0.4, -0.2) is 38.5 Å². The number of benzene rings is 1. The molecule has 0 bridgehead atoms. The van der Waals surface area contributed by atoms with Gasteiger partial charge in [-0.15, -0.1) is 0 Å². The Hall–Kier alpha value is -1.52. The summed E-state index contributed by atoms with van der Waals surface area (Å²) in [6.07, 6.45) is 5.50. The molecule has 1 aromatic rings. The maximum Gasteiger partial charge on any atom is 0.135 e. The number of unbranched alkanes of at least 4 members (excludes halogenated alkanes) is 1. The Morgan fingerprint density at radius 1 is 0.920 bits per heavy atom. The summed E-state index contributed by atoms with van der Waals surface area (Å²) < 4.78 is 11.1. The van der Waals surface area contributed by atoms with Crippen molar-refractivity contribution >= 4 is 12.1 Å². The first kappa shape index (κ1) is 21.5. The number of ether oxygens (including phenoxy) is 2. The molecule has 0 unspecified atom stereocenters. The van der Waals surface area contributed by atoms with Crippen molar-refractivity contribution in [3.63, 3.8) is 0 Å². The second kappa shape index (κ2) is 13.7. The monoisotopic (exact) mass is 348 g/mol. The van der Waals surface area contributed by atoms with Crippen LogP contribution in [0.5, 0.6) is 0 Å². The van der Waals surface area contributed by atoms with Crippen molar-refractivity contribution in [2.45, 2.75) is 52.4 Å². The molecule has 0 radical (unpaired) electrons. The van der Waals surface area contributed by atoms with Crippen molar-refractivity contribution in [1.82, 2.24) is 0 Å². The fraction of sp³-hybridized carbons (Fsp3) is 0.619. The van der Waals surface area contributed by atoms with E-state index in [1.54, 1.807) is 0 Å². The number of hydrogen-bond donors (Lipinski definition) is 0. The lowest BCUT2D eigenvalue weighted by Crippen LogP contribution is -2.08. The number of rotatable bonds is 15. The molecule has 0 aliphatic carbocycles. The third-order valence-corrected chi connectivity index (χ3v) is 4.06. The van der Waals surface area contributed by atoms with Gasteiger partial charge < -0.3 is 14.3 Å². The summed E-state index contributed by atoms with van der Waals surface area (Å²) in [5, 5.41) is 0. The summed E-state index contributed by atoms with van der Waals surface area (Å²) in [7, 11) is 0. The van der Waals surface area contributed by atoms with Gasteiger partial charge in [-0.1, -0.05) is 38.1 Å². The second-order valence-corrected chi connectivity index (χ2v) is 6.57. The van der Waals surface area contributed by atoms with Crippen molar-refractivity contribution in [2.75, 3.05) is 26.4 Å². The lowest BCUT2D eigenvalue weighted by Gasteiger charge is -2.07. The van der Waals surface area contributed by atoms with Crippen LogP contribution in [0, 0.1) is 5.92 Å². The Kier molecular flexibility index (Phi) is 11.8. The van der Waals surface area contributed by atoms with Gasteiger partial charge in [0.15, 0.2) is 0 Å². The average molecular weight is 348 g/mol. The van der Waals surface area contributed by atoms with Crippen LogP contribution in [0.4, 0.5) is 0 Å². The minimum Gasteiger partial charge on any atom is -0.381 e. The molecular weight excluding hydrogens is 316 g/mol. The first-order chi connectivity index (χ1) is 12.1. The second-order valence-electron chi connectivity index (χ2n) is 6.57. The lowest BCUT2D eigenvalue weighted by molar-refractivity contribution is -0.122. The summed E-state index contributed by atoms with van der Waals surface area (Å²) in [6, 6.07) is 8.53. The summed E-state index contributed by atoms with van der Waals surface area (Å²) in [6.45, 7) is 6.56. The van der Waals surface area contributed by atoms with Crippen LogP contribution >= 0.6 is 0 Å². The Balaban J connectivity index is 2.08. The molecule has 4 nitrogen and oxygen atoms in total. The Morgan fingerprint density at radius 2 is 1.44 bits per heavy atom. The molecule has 0 spiro atoms. The fourth-order valence-electron chi connectivity index (χ4n) is 2.36. The molecule has 0 saturated carbocycles. The molecule has 140 valence electrons. The maximum atomic E-state index is 11.5. The molecule has 4 heteroatoms. The number of carbonyl (C=O) groups excluding carboxylic acids is 2. The highest BCUT2D eigenvalue weighted by atomic mass is 16.5. The molecule has 0 fully saturated rings. The predicted octanol–water partition coefficient (Wildman–Crippen LogP) is 3.79. The Bertz CT molecular complexity index is 479. The zero-order chi connectivity index (χ0) is 18.3. The van der Waals surface area contributed by atoms with E-state index in [-0.39, 0.29) is 5.92 Å². The number of ketones is 1. The third kappa shape index (κ3) is 10.8. The molecular formula is C21H32O4. The van der Waals surface area contributed by atoms with E-state index in [0.717, 1.165) is 32.0 Å². The van der Waals surface area contributed by atoms with Crippen molar-refractivity contribution < 1.29 is 19.1 Å². The van der Waals surface area contributed by atoms with Crippen molar-refractivity contribution in [1.29, 1.82) is 0 Å². The SMILES string of the molecule is CC(C)C(=O)CCCOCCc1ccc(CCOCCCC=O)cc1. The topological polar surface area (TPSA) is 52.6 Å². The predicted molar refractivity (Wildman–Crippen MR) is 99.9 cm³/mol. The van der Waals surface area contributed by atoms with E-state index < -0.39 is 0 Å². The van der Waals surface area contributed by atoms with Crippen LogP contribution < -0.4 is 0 Å². The van der Waals surface area contributed by atoms with Crippen molar-refractivity contribution in [2.24, 2.45) is 5.92 Å². The van der Waals surface area contributed by atoms with E-state index in [1.165, 1.54) is 11.1 Å². The minimum absolute atomic E-state index is 0.125. The molecule has 0 atom stereocenters. The maximum absolute atomic E-state index is 11.5. The summed E-state index contributed by atoms with van der Waals surface area (Å²) in [5.41, 5.74) is 2.51. The van der Waals surface area contributed by atoms with Crippen LogP contribution in [0.3, 0.4) is 0 Å². The fourth-order valence-corrected chi connectivity index (χ4v) is 2.36. The standard InChI is InChI=1S/C21H32O4/c1-18(2)21(23)6-5-15-25-17-12-20-9-7-19(8-10-20)11-16-24-14-4-3-13-22/h7-10,13,18H,3-6,11-12,14-17H2,1-2H3. The quantitative estimate of drug-likeness (QED) is 0.357. The highest BCUT2D eigenvalue weighted by Crippen LogP contribution is 2.07. The Labute approximate surface area is 151 Å². The van der Waals surface area contributed by atoms with Gasteiger partial charge in [0.05, 0.1) is 13.2 Å². The van der Waals surface area contributed by atoms with Gasteiger partial charge in [-0.3, -0.25) is 4.79 Å². The molecule has 0 aliphatic heterocycles. The van der Waals surface area contributed by atoms with E-state index in [0.29, 0.717) is 45.1 Å². The first-order valence-corrected chi connectivity index (χ1v) is 9.33. The van der Waals surface area contributed by atoms with E-state index in [2.05, 4.69) is 24.3 Å². The van der Waals surface area contributed by atoms with Gasteiger partial charge in [-0.05, 0) is 36.8 Å². The average Bonchev–Trinajstić information content (AvgIpc) is 2.61. The molecule has 0 N–H and O–H groups in total. The van der Waals surface area contributed by atoms with Crippen LogP contribution in [0.2, 0.25) is 0 Å². The van der Waals surface area contributed by atoms with Crippen molar-refractivity contribution in [3.8, 4) is 0 Å². The number of Topliss-reactive ketones (excluding diaryl/α,β-unsaturated/α-hetero) is 1. The molecule has 0 aliphatic rings. The minimum atomic E-state index is 0.125. The van der Waals surface area contributed by atoms with Gasteiger partial charge in [0.2, 0.25) is 0 Å². The van der Waals surface area contributed by atoms with Crippen molar-refractivity contribution in [3.05, 3.63) is 35.4 Å². The highest BCUT2D eigenvalue weighted by molar-refractivity contribution is 5.80. The largest absolute Gasteiger partial charge is 0.381 e. The zero-order valence-corrected chi connectivity index (χ0v) is 15.7. The van der Waals surface area contributed by atoms with E-state index in [4.69, 9.17) is 9.47 Å². The van der Waals surface area contributed by atoms with Gasteiger partial charge in [0.1, 0.15) is 12.1 Å². The zero-order valence-electron chi connectivity index (χ0n) is 15.7. The number of carbonyl (C=O) groups is 2. The van der Waals surface area contributed by atoms with Crippen LogP contribution in [-0.2, 0) is 31.9 Å². The van der Waals surface area contributed by atoms with Gasteiger partial charge >= 0.3 is 0 Å². The van der Waals surface area contributed by atoms with Gasteiger partial charge in [0.25, 0.3) is 0 Å². The summed E-state index contributed by atoms with van der Waals surface area (Å²) in [4.78, 5) is 21.7. The van der Waals surface area contributed by atoms with Gasteiger partial charge in [-0.25, -0.2) is 0 Å². The van der Waals surface area contributed by atoms with E-state index in [1.807, 2.05) is 13.8 Å². The van der Waals surface area contributed by atoms with Crippen LogP contribution in [0.25, 0.3) is 0 Å². The molecule has 1 rings (SSSR count). The summed E-state index contributed by atoms with van der Waals surface area (Å²) in [5.74, 6) is 0.437. The molecule has 0 heterocycles. The third-order valence-electron chi connectivity index (χ3n) is 4.06.